The van der Waals surface area contributed by atoms with E-state index in [2.05, 4.69) is 5.32 Å². The molecule has 2 aliphatic rings. The van der Waals surface area contributed by atoms with Crippen LogP contribution in [0.15, 0.2) is 0 Å². The highest BCUT2D eigenvalue weighted by atomic mass is 16.2. The second kappa shape index (κ2) is 5.26. The minimum Gasteiger partial charge on any atom is -0.343 e. The van der Waals surface area contributed by atoms with Crippen molar-refractivity contribution in [2.75, 3.05) is 13.1 Å². The Morgan fingerprint density at radius 2 is 1.72 bits per heavy atom. The molecule has 0 aromatic rings. The molecule has 102 valence electrons. The van der Waals surface area contributed by atoms with Crippen molar-refractivity contribution in [2.24, 2.45) is 5.73 Å². The van der Waals surface area contributed by atoms with E-state index in [-0.39, 0.29) is 11.8 Å². The first kappa shape index (κ1) is 13.3. The van der Waals surface area contributed by atoms with Crippen molar-refractivity contribution < 1.29 is 9.59 Å². The van der Waals surface area contributed by atoms with Crippen molar-refractivity contribution in [2.45, 2.75) is 57.0 Å². The molecule has 18 heavy (non-hydrogen) atoms. The zero-order valence-electron chi connectivity index (χ0n) is 11.1. The number of rotatable bonds is 3. The number of hydrogen-bond acceptors (Lipinski definition) is 3. The molecule has 1 heterocycles. The molecule has 0 spiro atoms. The monoisotopic (exact) mass is 253 g/mol. The van der Waals surface area contributed by atoms with Crippen LogP contribution in [0.5, 0.6) is 0 Å². The second-order valence-corrected chi connectivity index (χ2v) is 5.59. The molecule has 2 rings (SSSR count). The standard InChI is InChI=1S/C13H23N3O2/c1-10(11(17)16-8-4-5-9-16)15-12(18)13(14)6-2-3-7-13/h10H,2-9,14H2,1H3,(H,15,18). The van der Waals surface area contributed by atoms with Crippen LogP contribution >= 0.6 is 0 Å². The first-order chi connectivity index (χ1) is 8.53. The maximum atomic E-state index is 12.1. The highest BCUT2D eigenvalue weighted by Gasteiger charge is 2.38. The molecule has 1 saturated heterocycles. The molecule has 1 atom stereocenters. The zero-order chi connectivity index (χ0) is 13.2. The van der Waals surface area contributed by atoms with Crippen LogP contribution in [0, 0.1) is 0 Å². The SMILES string of the molecule is CC(NC(=O)C1(N)CCCC1)C(=O)N1CCCC1. The summed E-state index contributed by atoms with van der Waals surface area (Å²) in [4.78, 5) is 26.0. The van der Waals surface area contributed by atoms with E-state index in [4.69, 9.17) is 5.73 Å². The smallest absolute Gasteiger partial charge is 0.244 e. The third-order valence-corrected chi connectivity index (χ3v) is 4.08. The predicted molar refractivity (Wildman–Crippen MR) is 68.8 cm³/mol. The van der Waals surface area contributed by atoms with Crippen LogP contribution in [0.2, 0.25) is 0 Å². The lowest BCUT2D eigenvalue weighted by molar-refractivity contribution is -0.136. The molecule has 2 amide bonds. The fourth-order valence-corrected chi connectivity index (χ4v) is 2.85. The number of amides is 2. The molecular weight excluding hydrogens is 230 g/mol. The van der Waals surface area contributed by atoms with Gasteiger partial charge in [0.25, 0.3) is 0 Å². The van der Waals surface area contributed by atoms with Gasteiger partial charge in [-0.15, -0.1) is 0 Å². The van der Waals surface area contributed by atoms with Crippen LogP contribution in [0.25, 0.3) is 0 Å². The van der Waals surface area contributed by atoms with Crippen LogP contribution in [-0.2, 0) is 9.59 Å². The topological polar surface area (TPSA) is 75.4 Å². The third-order valence-electron chi connectivity index (χ3n) is 4.08. The molecule has 1 unspecified atom stereocenters. The highest BCUT2D eigenvalue weighted by molar-refractivity contribution is 5.92. The fourth-order valence-electron chi connectivity index (χ4n) is 2.85. The average molecular weight is 253 g/mol. The van der Waals surface area contributed by atoms with Gasteiger partial charge < -0.3 is 16.0 Å². The van der Waals surface area contributed by atoms with Gasteiger partial charge in [0.1, 0.15) is 6.04 Å². The van der Waals surface area contributed by atoms with Crippen LogP contribution in [0.3, 0.4) is 0 Å². The van der Waals surface area contributed by atoms with Crippen molar-refractivity contribution >= 4 is 11.8 Å². The predicted octanol–water partition coefficient (Wildman–Crippen LogP) is 0.385. The Balaban J connectivity index is 1.88. The zero-order valence-corrected chi connectivity index (χ0v) is 11.1. The van der Waals surface area contributed by atoms with Crippen molar-refractivity contribution in [3.8, 4) is 0 Å². The molecule has 2 fully saturated rings. The highest BCUT2D eigenvalue weighted by Crippen LogP contribution is 2.27. The molecule has 0 radical (unpaired) electrons. The van der Waals surface area contributed by atoms with Crippen LogP contribution in [0.1, 0.15) is 45.4 Å². The third kappa shape index (κ3) is 2.66. The van der Waals surface area contributed by atoms with Crippen LogP contribution in [-0.4, -0.2) is 41.4 Å². The Kier molecular flexibility index (Phi) is 3.90. The molecule has 1 saturated carbocycles. The molecule has 0 aromatic heterocycles. The van der Waals surface area contributed by atoms with Gasteiger partial charge in [0, 0.05) is 13.1 Å². The van der Waals surface area contributed by atoms with Crippen LogP contribution < -0.4 is 11.1 Å². The molecule has 0 bridgehead atoms. The van der Waals surface area contributed by atoms with Gasteiger partial charge in [0.05, 0.1) is 5.54 Å². The van der Waals surface area contributed by atoms with Gasteiger partial charge in [-0.3, -0.25) is 9.59 Å². The molecule has 5 nitrogen and oxygen atoms in total. The summed E-state index contributed by atoms with van der Waals surface area (Å²) in [5.74, 6) is -0.150. The summed E-state index contributed by atoms with van der Waals surface area (Å²) in [6.07, 6.45) is 5.57. The number of carbonyl (C=O) groups excluding carboxylic acids is 2. The van der Waals surface area contributed by atoms with Gasteiger partial charge in [-0.25, -0.2) is 0 Å². The van der Waals surface area contributed by atoms with Crippen molar-refractivity contribution in [3.05, 3.63) is 0 Å². The summed E-state index contributed by atoms with van der Waals surface area (Å²) in [5, 5.41) is 2.78. The van der Waals surface area contributed by atoms with Gasteiger partial charge in [0.15, 0.2) is 0 Å². The fraction of sp³-hybridized carbons (Fsp3) is 0.846. The summed E-state index contributed by atoms with van der Waals surface area (Å²) in [6.45, 7) is 3.37. The number of likely N-dealkylation sites (tertiary alicyclic amines) is 1. The summed E-state index contributed by atoms with van der Waals surface area (Å²) in [7, 11) is 0. The van der Waals surface area contributed by atoms with Gasteiger partial charge in [-0.1, -0.05) is 12.8 Å². The van der Waals surface area contributed by atoms with E-state index in [9.17, 15) is 9.59 Å². The second-order valence-electron chi connectivity index (χ2n) is 5.59. The Morgan fingerprint density at radius 3 is 2.28 bits per heavy atom. The minimum absolute atomic E-state index is 0.0162. The quantitative estimate of drug-likeness (QED) is 0.763. The van der Waals surface area contributed by atoms with E-state index < -0.39 is 11.6 Å². The lowest BCUT2D eigenvalue weighted by Crippen LogP contribution is -2.56. The molecule has 1 aliphatic carbocycles. The van der Waals surface area contributed by atoms with Gasteiger partial charge in [-0.05, 0) is 32.6 Å². The normalized spacial score (nSPS) is 24.0. The Labute approximate surface area is 108 Å². The number of hydrogen-bond donors (Lipinski definition) is 2. The molecular formula is C13H23N3O2. The Hall–Kier alpha value is -1.10. The van der Waals surface area contributed by atoms with Gasteiger partial charge in [0.2, 0.25) is 11.8 Å². The first-order valence-corrected chi connectivity index (χ1v) is 6.91. The average Bonchev–Trinajstić information content (AvgIpc) is 2.99. The molecule has 0 aromatic carbocycles. The van der Waals surface area contributed by atoms with Crippen molar-refractivity contribution in [1.82, 2.24) is 10.2 Å². The van der Waals surface area contributed by atoms with E-state index in [0.29, 0.717) is 0 Å². The summed E-state index contributed by atoms with van der Waals surface area (Å²) < 4.78 is 0. The Bertz CT molecular complexity index is 331. The lowest BCUT2D eigenvalue weighted by Gasteiger charge is -2.26. The summed E-state index contributed by atoms with van der Waals surface area (Å²) in [6, 6.07) is -0.461. The van der Waals surface area contributed by atoms with E-state index in [1.165, 1.54) is 0 Å². The number of nitrogens with two attached hydrogens (primary N) is 1. The molecule has 5 heteroatoms. The van der Waals surface area contributed by atoms with Gasteiger partial charge >= 0.3 is 0 Å². The number of nitrogens with one attached hydrogen (secondary N) is 1. The number of nitrogens with zero attached hydrogens (tertiary/aromatic N) is 1. The van der Waals surface area contributed by atoms with E-state index in [0.717, 1.165) is 51.6 Å². The largest absolute Gasteiger partial charge is 0.343 e. The number of carbonyl (C=O) groups is 2. The maximum Gasteiger partial charge on any atom is 0.244 e. The summed E-state index contributed by atoms with van der Waals surface area (Å²) >= 11 is 0. The molecule has 1 aliphatic heterocycles. The van der Waals surface area contributed by atoms with Crippen molar-refractivity contribution in [3.63, 3.8) is 0 Å². The molecule has 3 N–H and O–H groups in total. The summed E-state index contributed by atoms with van der Waals surface area (Å²) in [5.41, 5.74) is 5.32. The van der Waals surface area contributed by atoms with Crippen LogP contribution in [0.4, 0.5) is 0 Å². The Morgan fingerprint density at radius 1 is 1.17 bits per heavy atom. The maximum absolute atomic E-state index is 12.1. The van der Waals surface area contributed by atoms with E-state index in [1.54, 1.807) is 6.92 Å². The van der Waals surface area contributed by atoms with Crippen molar-refractivity contribution in [1.29, 1.82) is 0 Å². The van der Waals surface area contributed by atoms with Gasteiger partial charge in [-0.2, -0.15) is 0 Å². The van der Waals surface area contributed by atoms with E-state index in [1.807, 2.05) is 4.90 Å². The minimum atomic E-state index is -0.750. The lowest BCUT2D eigenvalue weighted by atomic mass is 9.97. The van der Waals surface area contributed by atoms with E-state index >= 15 is 0 Å². The first-order valence-electron chi connectivity index (χ1n) is 6.91.